The van der Waals surface area contributed by atoms with Crippen molar-refractivity contribution in [2.45, 2.75) is 13.0 Å². The highest BCUT2D eigenvalue weighted by molar-refractivity contribution is 7.17. The molecule has 1 aromatic carbocycles. The number of imidazole rings is 1. The smallest absolute Gasteiger partial charge is 0.130 e. The third-order valence-electron chi connectivity index (χ3n) is 3.35. The first-order chi connectivity index (χ1) is 9.31. The molecule has 2 aromatic heterocycles. The van der Waals surface area contributed by atoms with Crippen LogP contribution in [0.5, 0.6) is 0 Å². The molecule has 4 heteroatoms. The zero-order valence-corrected chi connectivity index (χ0v) is 11.9. The summed E-state index contributed by atoms with van der Waals surface area (Å²) in [5.41, 5.74) is 1.32. The number of hydrogen-bond acceptors (Lipinski definition) is 3. The number of aromatic nitrogens is 2. The van der Waals surface area contributed by atoms with Crippen LogP contribution in [0.15, 0.2) is 42.0 Å². The zero-order chi connectivity index (χ0) is 13.2. The molecule has 0 amide bonds. The lowest BCUT2D eigenvalue weighted by Crippen LogP contribution is -2.24. The maximum atomic E-state index is 4.50. The molecular weight excluding hydrogens is 254 g/mol. The Labute approximate surface area is 116 Å². The summed E-state index contributed by atoms with van der Waals surface area (Å²) in [6.07, 6.45) is 3.85. The minimum atomic E-state index is 0.154. The summed E-state index contributed by atoms with van der Waals surface area (Å²) >= 11 is 1.79. The summed E-state index contributed by atoms with van der Waals surface area (Å²) in [7, 11) is 2.04. The number of aryl methyl sites for hydroxylation is 1. The molecule has 0 aliphatic carbocycles. The van der Waals surface area contributed by atoms with Crippen molar-refractivity contribution < 1.29 is 0 Å². The molecule has 0 spiro atoms. The Kier molecular flexibility index (Phi) is 3.36. The summed E-state index contributed by atoms with van der Waals surface area (Å²) in [5, 5.41) is 7.11. The van der Waals surface area contributed by atoms with Crippen LogP contribution in [0.4, 0.5) is 0 Å². The van der Waals surface area contributed by atoms with Gasteiger partial charge >= 0.3 is 0 Å². The van der Waals surface area contributed by atoms with Crippen LogP contribution in [-0.2, 0) is 7.05 Å². The second-order valence-electron chi connectivity index (χ2n) is 4.57. The molecule has 1 atom stereocenters. The normalized spacial score (nSPS) is 12.9. The van der Waals surface area contributed by atoms with Gasteiger partial charge < -0.3 is 9.88 Å². The van der Waals surface area contributed by atoms with E-state index in [0.29, 0.717) is 0 Å². The van der Waals surface area contributed by atoms with Gasteiger partial charge in [0.15, 0.2) is 0 Å². The van der Waals surface area contributed by atoms with Crippen molar-refractivity contribution in [3.63, 3.8) is 0 Å². The summed E-state index contributed by atoms with van der Waals surface area (Å²) in [5.74, 6) is 1.06. The molecule has 0 aliphatic heterocycles. The molecule has 3 rings (SSSR count). The fourth-order valence-corrected chi connectivity index (χ4v) is 3.41. The second kappa shape index (κ2) is 5.15. The molecule has 1 unspecified atom stereocenters. The minimum absolute atomic E-state index is 0.154. The molecule has 0 aliphatic rings. The van der Waals surface area contributed by atoms with Crippen LogP contribution >= 0.6 is 11.3 Å². The molecule has 0 saturated carbocycles. The molecule has 0 bridgehead atoms. The monoisotopic (exact) mass is 271 g/mol. The van der Waals surface area contributed by atoms with Gasteiger partial charge in [0.25, 0.3) is 0 Å². The van der Waals surface area contributed by atoms with Gasteiger partial charge in [-0.2, -0.15) is 0 Å². The molecule has 19 heavy (non-hydrogen) atoms. The topological polar surface area (TPSA) is 29.9 Å². The first-order valence-corrected chi connectivity index (χ1v) is 7.36. The van der Waals surface area contributed by atoms with E-state index < -0.39 is 0 Å². The first kappa shape index (κ1) is 12.4. The van der Waals surface area contributed by atoms with Crippen molar-refractivity contribution in [1.29, 1.82) is 0 Å². The lowest BCUT2D eigenvalue weighted by Gasteiger charge is -2.17. The van der Waals surface area contributed by atoms with Gasteiger partial charge in [0, 0.05) is 24.1 Å². The molecular formula is C15H17N3S. The maximum absolute atomic E-state index is 4.50. The maximum Gasteiger partial charge on any atom is 0.130 e. The van der Waals surface area contributed by atoms with Gasteiger partial charge in [0.05, 0.1) is 6.04 Å². The quantitative estimate of drug-likeness (QED) is 0.789. The Bertz CT molecular complexity index is 683. The first-order valence-electron chi connectivity index (χ1n) is 6.48. The predicted octanol–water partition coefficient (Wildman–Crippen LogP) is 3.33. The van der Waals surface area contributed by atoms with E-state index in [4.69, 9.17) is 0 Å². The molecule has 98 valence electrons. The molecule has 0 saturated heterocycles. The van der Waals surface area contributed by atoms with E-state index in [0.717, 1.165) is 12.4 Å². The second-order valence-corrected chi connectivity index (χ2v) is 5.49. The highest BCUT2D eigenvalue weighted by Gasteiger charge is 2.20. The third-order valence-corrected chi connectivity index (χ3v) is 4.33. The van der Waals surface area contributed by atoms with Gasteiger partial charge in [-0.05, 0) is 28.9 Å². The number of thiophene rings is 1. The fraction of sp³-hybridized carbons (Fsp3) is 0.267. The standard InChI is InChI=1S/C15H17N3S/c1-3-16-14(15-17-8-9-18(15)2)12-10-19-13-7-5-4-6-11(12)13/h4-10,14,16H,3H2,1-2H3. The number of nitrogens with one attached hydrogen (secondary N) is 1. The highest BCUT2D eigenvalue weighted by Crippen LogP contribution is 2.32. The lowest BCUT2D eigenvalue weighted by molar-refractivity contribution is 0.581. The van der Waals surface area contributed by atoms with Crippen LogP contribution in [0.2, 0.25) is 0 Å². The van der Waals surface area contributed by atoms with E-state index >= 15 is 0 Å². The highest BCUT2D eigenvalue weighted by atomic mass is 32.1. The van der Waals surface area contributed by atoms with Crippen LogP contribution in [0.3, 0.4) is 0 Å². The summed E-state index contributed by atoms with van der Waals surface area (Å²) in [4.78, 5) is 4.50. The van der Waals surface area contributed by atoms with Gasteiger partial charge in [-0.15, -0.1) is 11.3 Å². The van der Waals surface area contributed by atoms with E-state index in [9.17, 15) is 0 Å². The van der Waals surface area contributed by atoms with Gasteiger partial charge in [0.1, 0.15) is 5.82 Å². The average Bonchev–Trinajstić information content (AvgIpc) is 3.03. The summed E-state index contributed by atoms with van der Waals surface area (Å²) in [6.45, 7) is 3.05. The largest absolute Gasteiger partial charge is 0.336 e. The van der Waals surface area contributed by atoms with Crippen LogP contribution in [0, 0.1) is 0 Å². The Morgan fingerprint density at radius 1 is 1.37 bits per heavy atom. The Hall–Kier alpha value is -1.65. The molecule has 3 aromatic rings. The van der Waals surface area contributed by atoms with Crippen LogP contribution in [0.25, 0.3) is 10.1 Å². The van der Waals surface area contributed by atoms with Crippen molar-refractivity contribution in [2.24, 2.45) is 7.05 Å². The number of hydrogen-bond donors (Lipinski definition) is 1. The van der Waals surface area contributed by atoms with Gasteiger partial charge in [-0.25, -0.2) is 4.98 Å². The van der Waals surface area contributed by atoms with E-state index in [1.165, 1.54) is 15.6 Å². The minimum Gasteiger partial charge on any atom is -0.336 e. The van der Waals surface area contributed by atoms with Crippen molar-refractivity contribution in [3.8, 4) is 0 Å². The van der Waals surface area contributed by atoms with Crippen molar-refractivity contribution in [2.75, 3.05) is 6.54 Å². The van der Waals surface area contributed by atoms with Crippen molar-refractivity contribution in [1.82, 2.24) is 14.9 Å². The van der Waals surface area contributed by atoms with Gasteiger partial charge in [-0.3, -0.25) is 0 Å². The molecule has 0 fully saturated rings. The van der Waals surface area contributed by atoms with E-state index in [1.54, 1.807) is 11.3 Å². The molecule has 1 N–H and O–H groups in total. The molecule has 3 nitrogen and oxygen atoms in total. The fourth-order valence-electron chi connectivity index (χ4n) is 2.42. The number of nitrogens with zero attached hydrogens (tertiary/aromatic N) is 2. The third kappa shape index (κ3) is 2.17. The zero-order valence-electron chi connectivity index (χ0n) is 11.1. The molecule has 2 heterocycles. The Morgan fingerprint density at radius 3 is 2.95 bits per heavy atom. The van der Waals surface area contributed by atoms with Crippen molar-refractivity contribution in [3.05, 3.63) is 53.4 Å². The molecule has 0 radical (unpaired) electrons. The van der Waals surface area contributed by atoms with Crippen LogP contribution in [0.1, 0.15) is 24.4 Å². The van der Waals surface area contributed by atoms with E-state index in [1.807, 2.05) is 19.4 Å². The van der Waals surface area contributed by atoms with Crippen LogP contribution in [-0.4, -0.2) is 16.1 Å². The van der Waals surface area contributed by atoms with E-state index in [-0.39, 0.29) is 6.04 Å². The van der Waals surface area contributed by atoms with Crippen molar-refractivity contribution >= 4 is 21.4 Å². The number of rotatable bonds is 4. The van der Waals surface area contributed by atoms with E-state index in [2.05, 4.69) is 51.4 Å². The number of benzene rings is 1. The van der Waals surface area contributed by atoms with Crippen LogP contribution < -0.4 is 5.32 Å². The lowest BCUT2D eigenvalue weighted by atomic mass is 10.1. The van der Waals surface area contributed by atoms with Gasteiger partial charge in [-0.1, -0.05) is 25.1 Å². The van der Waals surface area contributed by atoms with Gasteiger partial charge in [0.2, 0.25) is 0 Å². The summed E-state index contributed by atoms with van der Waals surface area (Å²) in [6, 6.07) is 8.70. The number of fused-ring (bicyclic) bond motifs is 1. The Balaban J connectivity index is 2.12. The SMILES string of the molecule is CCNC(c1csc2ccccc12)c1nccn1C. The Morgan fingerprint density at radius 2 is 2.21 bits per heavy atom. The predicted molar refractivity (Wildman–Crippen MR) is 80.6 cm³/mol. The average molecular weight is 271 g/mol. The summed E-state index contributed by atoms with van der Waals surface area (Å²) < 4.78 is 3.41.